The monoisotopic (exact) mass is 394 g/mol. The molecule has 1 unspecified atom stereocenters. The molecule has 0 aliphatic carbocycles. The minimum Gasteiger partial charge on any atom is -0.379 e. The molecule has 0 saturated carbocycles. The summed E-state index contributed by atoms with van der Waals surface area (Å²) in [4.78, 5) is 6.82. The molecule has 29 heavy (non-hydrogen) atoms. The van der Waals surface area contributed by atoms with Crippen LogP contribution in [0.2, 0.25) is 0 Å². The van der Waals surface area contributed by atoms with Crippen molar-refractivity contribution in [1.82, 2.24) is 15.5 Å². The van der Waals surface area contributed by atoms with E-state index in [-0.39, 0.29) is 0 Å². The van der Waals surface area contributed by atoms with Crippen molar-refractivity contribution in [1.29, 1.82) is 0 Å². The van der Waals surface area contributed by atoms with Gasteiger partial charge in [0, 0.05) is 39.8 Å². The van der Waals surface area contributed by atoms with Crippen molar-refractivity contribution >= 4 is 5.96 Å². The summed E-state index contributed by atoms with van der Waals surface area (Å²) in [6.45, 7) is 10.6. The van der Waals surface area contributed by atoms with Crippen LogP contribution >= 0.6 is 0 Å². The third-order valence-electron chi connectivity index (χ3n) is 5.41. The van der Waals surface area contributed by atoms with Crippen LogP contribution < -0.4 is 10.6 Å². The molecule has 156 valence electrons. The van der Waals surface area contributed by atoms with E-state index in [1.807, 2.05) is 7.05 Å². The van der Waals surface area contributed by atoms with Crippen molar-refractivity contribution in [2.45, 2.75) is 32.9 Å². The van der Waals surface area contributed by atoms with Crippen molar-refractivity contribution in [3.05, 3.63) is 70.8 Å². The Morgan fingerprint density at radius 2 is 1.79 bits per heavy atom. The van der Waals surface area contributed by atoms with Crippen molar-refractivity contribution in [3.63, 3.8) is 0 Å². The summed E-state index contributed by atoms with van der Waals surface area (Å²) in [5.74, 6) is 1.26. The molecule has 3 rings (SSSR count). The molecular weight excluding hydrogens is 360 g/mol. The number of hydrogen-bond donors (Lipinski definition) is 2. The lowest BCUT2D eigenvalue weighted by Crippen LogP contribution is -2.38. The Hall–Kier alpha value is -2.37. The number of aliphatic imine (C=N–C) groups is 1. The molecule has 0 radical (unpaired) electrons. The Morgan fingerprint density at radius 1 is 1.07 bits per heavy atom. The molecule has 0 bridgehead atoms. The van der Waals surface area contributed by atoms with Crippen molar-refractivity contribution in [3.8, 4) is 0 Å². The average Bonchev–Trinajstić information content (AvgIpc) is 2.75. The van der Waals surface area contributed by atoms with Gasteiger partial charge in [0.15, 0.2) is 5.96 Å². The number of hydrogen-bond acceptors (Lipinski definition) is 3. The van der Waals surface area contributed by atoms with Gasteiger partial charge < -0.3 is 15.4 Å². The number of nitrogens with zero attached hydrogens (tertiary/aromatic N) is 2. The first-order chi connectivity index (χ1) is 14.1. The predicted octanol–water partition coefficient (Wildman–Crippen LogP) is 3.30. The lowest BCUT2D eigenvalue weighted by atomic mass is 10.0. The van der Waals surface area contributed by atoms with Gasteiger partial charge in [0.1, 0.15) is 0 Å². The maximum Gasteiger partial charge on any atom is 0.191 e. The SMILES string of the molecule is CN=C(NCc1cccc(CN2CCOCC2)c1)NCC(C)c1ccc(C)cc1. The Morgan fingerprint density at radius 3 is 2.52 bits per heavy atom. The normalized spacial score (nSPS) is 16.4. The van der Waals surface area contributed by atoms with Crippen molar-refractivity contribution in [2.75, 3.05) is 39.9 Å². The fraction of sp³-hybridized carbons (Fsp3) is 0.458. The molecule has 2 N–H and O–H groups in total. The second kappa shape index (κ2) is 11.0. The Labute approximate surface area is 175 Å². The summed E-state index contributed by atoms with van der Waals surface area (Å²) in [6, 6.07) is 17.5. The summed E-state index contributed by atoms with van der Waals surface area (Å²) < 4.78 is 5.44. The van der Waals surface area contributed by atoms with Gasteiger partial charge in [0.05, 0.1) is 13.2 Å². The Bertz CT molecular complexity index is 782. The number of morpholine rings is 1. The zero-order valence-corrected chi connectivity index (χ0v) is 17.9. The molecule has 5 nitrogen and oxygen atoms in total. The van der Waals surface area contributed by atoms with Crippen LogP contribution in [-0.4, -0.2) is 50.8 Å². The zero-order chi connectivity index (χ0) is 20.5. The van der Waals surface area contributed by atoms with E-state index >= 15 is 0 Å². The largest absolute Gasteiger partial charge is 0.379 e. The van der Waals surface area contributed by atoms with Crippen molar-refractivity contribution < 1.29 is 4.74 Å². The molecule has 1 aliphatic heterocycles. The van der Waals surface area contributed by atoms with Crippen LogP contribution in [0.25, 0.3) is 0 Å². The van der Waals surface area contributed by atoms with Crippen LogP contribution in [0.15, 0.2) is 53.5 Å². The highest BCUT2D eigenvalue weighted by Gasteiger charge is 2.11. The number of ether oxygens (including phenoxy) is 1. The molecule has 0 spiro atoms. The summed E-state index contributed by atoms with van der Waals surface area (Å²) in [7, 11) is 1.82. The van der Waals surface area contributed by atoms with Crippen LogP contribution in [0.5, 0.6) is 0 Å². The fourth-order valence-corrected chi connectivity index (χ4v) is 3.52. The van der Waals surface area contributed by atoms with E-state index < -0.39 is 0 Å². The first-order valence-corrected chi connectivity index (χ1v) is 10.5. The first-order valence-electron chi connectivity index (χ1n) is 10.5. The summed E-state index contributed by atoms with van der Waals surface area (Å²) >= 11 is 0. The van der Waals surface area contributed by atoms with Gasteiger partial charge in [-0.25, -0.2) is 0 Å². The quantitative estimate of drug-likeness (QED) is 0.559. The van der Waals surface area contributed by atoms with Gasteiger partial charge >= 0.3 is 0 Å². The topological polar surface area (TPSA) is 48.9 Å². The van der Waals surface area contributed by atoms with Gasteiger partial charge in [-0.2, -0.15) is 0 Å². The van der Waals surface area contributed by atoms with Crippen LogP contribution in [0.3, 0.4) is 0 Å². The summed E-state index contributed by atoms with van der Waals surface area (Å²) in [5, 5.41) is 6.89. The molecule has 1 fully saturated rings. The molecule has 5 heteroatoms. The average molecular weight is 395 g/mol. The third kappa shape index (κ3) is 6.87. The standard InChI is InChI=1S/C24H34N4O/c1-19-7-9-23(10-8-19)20(2)16-26-24(25-3)27-17-21-5-4-6-22(15-21)18-28-11-13-29-14-12-28/h4-10,15,20H,11-14,16-18H2,1-3H3,(H2,25,26,27). The maximum atomic E-state index is 5.44. The molecule has 1 aliphatic rings. The molecule has 2 aromatic carbocycles. The van der Waals surface area contributed by atoms with Gasteiger partial charge in [-0.3, -0.25) is 9.89 Å². The lowest BCUT2D eigenvalue weighted by Gasteiger charge is -2.26. The van der Waals surface area contributed by atoms with Gasteiger partial charge in [-0.15, -0.1) is 0 Å². The van der Waals surface area contributed by atoms with E-state index in [0.717, 1.165) is 51.9 Å². The van der Waals surface area contributed by atoms with Crippen LogP contribution in [0, 0.1) is 6.92 Å². The van der Waals surface area contributed by atoms with E-state index in [9.17, 15) is 0 Å². The molecule has 0 amide bonds. The van der Waals surface area contributed by atoms with Gasteiger partial charge in [0.25, 0.3) is 0 Å². The minimum atomic E-state index is 0.422. The van der Waals surface area contributed by atoms with Crippen molar-refractivity contribution in [2.24, 2.45) is 4.99 Å². The third-order valence-corrected chi connectivity index (χ3v) is 5.41. The molecular formula is C24H34N4O. The second-order valence-electron chi connectivity index (χ2n) is 7.83. The minimum absolute atomic E-state index is 0.422. The highest BCUT2D eigenvalue weighted by Crippen LogP contribution is 2.15. The van der Waals surface area contributed by atoms with E-state index in [0.29, 0.717) is 5.92 Å². The second-order valence-corrected chi connectivity index (χ2v) is 7.83. The van der Waals surface area contributed by atoms with Gasteiger partial charge in [-0.05, 0) is 29.5 Å². The van der Waals surface area contributed by atoms with Crippen LogP contribution in [-0.2, 0) is 17.8 Å². The number of benzene rings is 2. The number of aryl methyl sites for hydroxylation is 1. The number of guanidine groups is 1. The zero-order valence-electron chi connectivity index (χ0n) is 17.9. The van der Waals surface area contributed by atoms with Gasteiger partial charge in [0.2, 0.25) is 0 Å². The molecule has 2 aromatic rings. The highest BCUT2D eigenvalue weighted by molar-refractivity contribution is 5.79. The maximum absolute atomic E-state index is 5.44. The highest BCUT2D eigenvalue weighted by atomic mass is 16.5. The molecule has 1 heterocycles. The van der Waals surface area contributed by atoms with E-state index in [2.05, 4.69) is 82.9 Å². The Balaban J connectivity index is 1.47. The van der Waals surface area contributed by atoms with Crippen LogP contribution in [0.1, 0.15) is 35.1 Å². The van der Waals surface area contributed by atoms with Gasteiger partial charge in [-0.1, -0.05) is 61.0 Å². The predicted molar refractivity (Wildman–Crippen MR) is 120 cm³/mol. The number of rotatable bonds is 7. The first kappa shape index (κ1) is 21.3. The van der Waals surface area contributed by atoms with E-state index in [1.165, 1.54) is 22.3 Å². The summed E-state index contributed by atoms with van der Waals surface area (Å²) in [5.41, 5.74) is 5.25. The fourth-order valence-electron chi connectivity index (χ4n) is 3.52. The molecule has 0 aromatic heterocycles. The summed E-state index contributed by atoms with van der Waals surface area (Å²) in [6.07, 6.45) is 0. The number of nitrogens with one attached hydrogen (secondary N) is 2. The molecule has 1 atom stereocenters. The smallest absolute Gasteiger partial charge is 0.191 e. The van der Waals surface area contributed by atoms with Crippen LogP contribution in [0.4, 0.5) is 0 Å². The molecule has 1 saturated heterocycles. The van der Waals surface area contributed by atoms with E-state index in [1.54, 1.807) is 0 Å². The van der Waals surface area contributed by atoms with E-state index in [4.69, 9.17) is 4.74 Å². The Kier molecular flexibility index (Phi) is 8.08. The lowest BCUT2D eigenvalue weighted by molar-refractivity contribution is 0.0342.